The summed E-state index contributed by atoms with van der Waals surface area (Å²) in [6.45, 7) is 5.92. The van der Waals surface area contributed by atoms with Gasteiger partial charge in [-0.1, -0.05) is 0 Å². The van der Waals surface area contributed by atoms with Crippen molar-refractivity contribution in [3.8, 4) is 6.07 Å². The molecule has 0 aromatic heterocycles. The molecule has 84 valence electrons. The van der Waals surface area contributed by atoms with Crippen LogP contribution >= 0.6 is 0 Å². The Kier molecular flexibility index (Phi) is 3.70. The van der Waals surface area contributed by atoms with E-state index in [0.717, 1.165) is 19.4 Å². The number of nitrogens with one attached hydrogen (secondary N) is 1. The molecule has 1 aliphatic rings. The quantitative estimate of drug-likeness (QED) is 0.761. The normalized spacial score (nSPS) is 23.2. The van der Waals surface area contributed by atoms with Gasteiger partial charge in [-0.25, -0.2) is 0 Å². The van der Waals surface area contributed by atoms with Crippen LogP contribution in [-0.4, -0.2) is 24.7 Å². The van der Waals surface area contributed by atoms with Crippen molar-refractivity contribution in [3.63, 3.8) is 0 Å². The van der Waals surface area contributed by atoms with Crippen molar-refractivity contribution in [1.29, 1.82) is 5.26 Å². The van der Waals surface area contributed by atoms with Gasteiger partial charge in [-0.05, 0) is 33.6 Å². The van der Waals surface area contributed by atoms with Crippen LogP contribution in [0.15, 0.2) is 0 Å². The van der Waals surface area contributed by atoms with Crippen molar-refractivity contribution in [2.45, 2.75) is 45.8 Å². The van der Waals surface area contributed by atoms with E-state index in [4.69, 9.17) is 10.00 Å². The van der Waals surface area contributed by atoms with Crippen LogP contribution in [0.4, 0.5) is 0 Å². The molecule has 0 aromatic rings. The molecule has 1 amide bonds. The van der Waals surface area contributed by atoms with Gasteiger partial charge in [0.05, 0.1) is 18.2 Å². The molecule has 0 radical (unpaired) electrons. The number of nitrogens with zero attached hydrogens (tertiary/aromatic N) is 1. The first-order chi connectivity index (χ1) is 6.97. The van der Waals surface area contributed by atoms with Gasteiger partial charge >= 0.3 is 0 Å². The Morgan fingerprint density at radius 2 is 2.33 bits per heavy atom. The molecule has 0 aromatic carbocycles. The van der Waals surface area contributed by atoms with Gasteiger partial charge in [0.15, 0.2) is 0 Å². The summed E-state index contributed by atoms with van der Waals surface area (Å²) in [6.07, 6.45) is 2.13. The molecule has 0 bridgehead atoms. The lowest BCUT2D eigenvalue weighted by atomic mass is 9.94. The summed E-state index contributed by atoms with van der Waals surface area (Å²) in [7, 11) is 0. The number of hydrogen-bond acceptors (Lipinski definition) is 3. The largest absolute Gasteiger partial charge is 0.376 e. The maximum absolute atomic E-state index is 11.7. The second kappa shape index (κ2) is 4.63. The monoisotopic (exact) mass is 210 g/mol. The third-order valence-corrected chi connectivity index (χ3v) is 2.73. The maximum atomic E-state index is 11.7. The molecule has 0 spiro atoms. The van der Waals surface area contributed by atoms with Gasteiger partial charge in [-0.15, -0.1) is 0 Å². The number of ether oxygens (including phenoxy) is 1. The molecule has 2 unspecified atom stereocenters. The molecule has 1 rings (SSSR count). The van der Waals surface area contributed by atoms with E-state index < -0.39 is 5.41 Å². The molecule has 1 fully saturated rings. The van der Waals surface area contributed by atoms with Crippen LogP contribution in [0.2, 0.25) is 0 Å². The van der Waals surface area contributed by atoms with E-state index in [-0.39, 0.29) is 18.1 Å². The lowest BCUT2D eigenvalue weighted by Gasteiger charge is -2.23. The minimum absolute atomic E-state index is 0.0207. The zero-order chi connectivity index (χ0) is 11.5. The van der Waals surface area contributed by atoms with Crippen molar-refractivity contribution in [3.05, 3.63) is 0 Å². The first-order valence-corrected chi connectivity index (χ1v) is 5.31. The predicted molar refractivity (Wildman–Crippen MR) is 56.0 cm³/mol. The fourth-order valence-electron chi connectivity index (χ4n) is 1.53. The van der Waals surface area contributed by atoms with Gasteiger partial charge in [0.2, 0.25) is 5.91 Å². The summed E-state index contributed by atoms with van der Waals surface area (Å²) in [6, 6.07) is 1.96. The number of carbonyl (C=O) groups excluding carboxylic acids is 1. The summed E-state index contributed by atoms with van der Waals surface area (Å²) in [5.74, 6) is -0.229. The number of amides is 1. The van der Waals surface area contributed by atoms with Crippen LogP contribution in [0, 0.1) is 16.7 Å². The first kappa shape index (κ1) is 12.0. The fourth-order valence-corrected chi connectivity index (χ4v) is 1.53. The van der Waals surface area contributed by atoms with Crippen LogP contribution in [0.25, 0.3) is 0 Å². The molecule has 1 heterocycles. The van der Waals surface area contributed by atoms with Gasteiger partial charge in [0.1, 0.15) is 5.41 Å². The molecule has 2 atom stereocenters. The highest BCUT2D eigenvalue weighted by Crippen LogP contribution is 2.18. The van der Waals surface area contributed by atoms with Crippen LogP contribution in [-0.2, 0) is 9.53 Å². The zero-order valence-electron chi connectivity index (χ0n) is 9.54. The number of carbonyl (C=O) groups is 1. The Morgan fingerprint density at radius 1 is 1.67 bits per heavy atom. The molecular weight excluding hydrogens is 192 g/mol. The summed E-state index contributed by atoms with van der Waals surface area (Å²) in [4.78, 5) is 11.7. The van der Waals surface area contributed by atoms with Gasteiger partial charge in [-0.3, -0.25) is 4.79 Å². The van der Waals surface area contributed by atoms with E-state index in [9.17, 15) is 4.79 Å². The lowest BCUT2D eigenvalue weighted by molar-refractivity contribution is -0.128. The molecular formula is C11H18N2O2. The molecule has 1 N–H and O–H groups in total. The molecule has 15 heavy (non-hydrogen) atoms. The third-order valence-electron chi connectivity index (χ3n) is 2.73. The molecule has 4 heteroatoms. The highest BCUT2D eigenvalue weighted by atomic mass is 16.5. The molecule has 4 nitrogen and oxygen atoms in total. The van der Waals surface area contributed by atoms with E-state index >= 15 is 0 Å². The SMILES string of the molecule is CC(NC(=O)C(C)(C)C#N)C1CCCO1. The Bertz CT molecular complexity index is 275. The molecule has 1 aliphatic heterocycles. The highest BCUT2D eigenvalue weighted by molar-refractivity contribution is 5.84. The number of nitriles is 1. The smallest absolute Gasteiger partial charge is 0.240 e. The highest BCUT2D eigenvalue weighted by Gasteiger charge is 2.31. The topological polar surface area (TPSA) is 62.1 Å². The predicted octanol–water partition coefficient (Wildman–Crippen LogP) is 1.22. The van der Waals surface area contributed by atoms with E-state index in [1.807, 2.05) is 13.0 Å². The average Bonchev–Trinajstić information content (AvgIpc) is 2.70. The second-order valence-electron chi connectivity index (χ2n) is 4.55. The van der Waals surface area contributed by atoms with E-state index in [1.54, 1.807) is 13.8 Å². The second-order valence-corrected chi connectivity index (χ2v) is 4.55. The van der Waals surface area contributed by atoms with Crippen LogP contribution in [0.3, 0.4) is 0 Å². The summed E-state index contributed by atoms with van der Waals surface area (Å²) < 4.78 is 5.46. The van der Waals surface area contributed by atoms with Gasteiger partial charge < -0.3 is 10.1 Å². The third kappa shape index (κ3) is 2.93. The van der Waals surface area contributed by atoms with Crippen LogP contribution < -0.4 is 5.32 Å². The zero-order valence-corrected chi connectivity index (χ0v) is 9.54. The molecule has 0 saturated carbocycles. The Hall–Kier alpha value is -1.08. The van der Waals surface area contributed by atoms with Crippen LogP contribution in [0.1, 0.15) is 33.6 Å². The minimum atomic E-state index is -0.965. The summed E-state index contributed by atoms with van der Waals surface area (Å²) >= 11 is 0. The van der Waals surface area contributed by atoms with E-state index in [1.165, 1.54) is 0 Å². The standard InChI is InChI=1S/C11H18N2O2/c1-8(9-5-4-6-15-9)13-10(14)11(2,3)7-12/h8-9H,4-6H2,1-3H3,(H,13,14). The van der Waals surface area contributed by atoms with Gasteiger partial charge in [0.25, 0.3) is 0 Å². The number of hydrogen-bond donors (Lipinski definition) is 1. The Balaban J connectivity index is 2.48. The van der Waals surface area contributed by atoms with Gasteiger partial charge in [-0.2, -0.15) is 5.26 Å². The maximum Gasteiger partial charge on any atom is 0.240 e. The Labute approximate surface area is 90.6 Å². The molecule has 0 aliphatic carbocycles. The first-order valence-electron chi connectivity index (χ1n) is 5.31. The van der Waals surface area contributed by atoms with Crippen molar-refractivity contribution < 1.29 is 9.53 Å². The van der Waals surface area contributed by atoms with E-state index in [0.29, 0.717) is 0 Å². The van der Waals surface area contributed by atoms with E-state index in [2.05, 4.69) is 5.32 Å². The lowest BCUT2D eigenvalue weighted by Crippen LogP contribution is -2.46. The molecule has 1 saturated heterocycles. The minimum Gasteiger partial charge on any atom is -0.376 e. The number of rotatable bonds is 3. The van der Waals surface area contributed by atoms with Gasteiger partial charge in [0, 0.05) is 6.61 Å². The summed E-state index contributed by atoms with van der Waals surface area (Å²) in [5.41, 5.74) is -0.965. The fraction of sp³-hybridized carbons (Fsp3) is 0.818. The Morgan fingerprint density at radius 3 is 2.80 bits per heavy atom. The van der Waals surface area contributed by atoms with Crippen molar-refractivity contribution >= 4 is 5.91 Å². The van der Waals surface area contributed by atoms with Crippen molar-refractivity contribution in [1.82, 2.24) is 5.32 Å². The van der Waals surface area contributed by atoms with Crippen molar-refractivity contribution in [2.75, 3.05) is 6.61 Å². The van der Waals surface area contributed by atoms with Crippen molar-refractivity contribution in [2.24, 2.45) is 5.41 Å². The van der Waals surface area contributed by atoms with Crippen LogP contribution in [0.5, 0.6) is 0 Å². The summed E-state index contributed by atoms with van der Waals surface area (Å²) in [5, 5.41) is 11.6. The average molecular weight is 210 g/mol.